The zero-order chi connectivity index (χ0) is 10.1. The second-order valence-electron chi connectivity index (χ2n) is 3.22. The lowest BCUT2D eigenvalue weighted by Gasteiger charge is -2.04. The number of anilines is 1. The van der Waals surface area contributed by atoms with Crippen molar-refractivity contribution in [2.24, 2.45) is 0 Å². The number of fused-ring (bicyclic) bond motifs is 1. The van der Waals surface area contributed by atoms with Gasteiger partial charge in [-0.2, -0.15) is 0 Å². The lowest BCUT2D eigenvalue weighted by molar-refractivity contribution is 1.13. The molecule has 2 N–H and O–H groups in total. The van der Waals surface area contributed by atoms with E-state index in [0.29, 0.717) is 10.8 Å². The number of benzene rings is 1. The van der Waals surface area contributed by atoms with Crippen molar-refractivity contribution in [3.8, 4) is 0 Å². The second kappa shape index (κ2) is 3.46. The van der Waals surface area contributed by atoms with Crippen LogP contribution in [0.2, 0.25) is 5.02 Å². The molecule has 0 bridgehead atoms. The van der Waals surface area contributed by atoms with Crippen LogP contribution in [0.1, 0.15) is 12.5 Å². The molecule has 0 fully saturated rings. The van der Waals surface area contributed by atoms with Gasteiger partial charge in [-0.3, -0.25) is 0 Å². The number of nitrogen functional groups attached to an aromatic ring is 1. The Hall–Kier alpha value is -1.28. The Kier molecular flexibility index (Phi) is 2.30. The van der Waals surface area contributed by atoms with Gasteiger partial charge in [0, 0.05) is 10.4 Å². The summed E-state index contributed by atoms with van der Waals surface area (Å²) in [7, 11) is 0. The monoisotopic (exact) mass is 206 g/mol. The van der Waals surface area contributed by atoms with Gasteiger partial charge in [0.05, 0.1) is 5.52 Å². The van der Waals surface area contributed by atoms with E-state index in [0.717, 1.165) is 22.9 Å². The molecule has 0 saturated heterocycles. The minimum atomic E-state index is 0.599. The van der Waals surface area contributed by atoms with Gasteiger partial charge in [-0.1, -0.05) is 24.6 Å². The summed E-state index contributed by atoms with van der Waals surface area (Å²) in [6.45, 7) is 2.06. The molecule has 1 heterocycles. The number of aromatic nitrogens is 1. The van der Waals surface area contributed by atoms with Gasteiger partial charge < -0.3 is 5.73 Å². The molecule has 0 radical (unpaired) electrons. The van der Waals surface area contributed by atoms with Crippen molar-refractivity contribution >= 4 is 28.3 Å². The Bertz CT molecular complexity index is 480. The fraction of sp³-hybridized carbons (Fsp3) is 0.182. The second-order valence-corrected chi connectivity index (χ2v) is 3.66. The smallest absolute Gasteiger partial charge is 0.127 e. The molecular weight excluding hydrogens is 196 g/mol. The van der Waals surface area contributed by atoms with Crippen molar-refractivity contribution in [2.45, 2.75) is 13.3 Å². The number of rotatable bonds is 1. The van der Waals surface area contributed by atoms with E-state index in [2.05, 4.69) is 18.0 Å². The highest BCUT2D eigenvalue weighted by Gasteiger charge is 2.02. The maximum Gasteiger partial charge on any atom is 0.127 e. The van der Waals surface area contributed by atoms with Gasteiger partial charge in [0.15, 0.2) is 0 Å². The third kappa shape index (κ3) is 1.53. The molecule has 1 aromatic carbocycles. The molecule has 0 unspecified atom stereocenters. The summed E-state index contributed by atoms with van der Waals surface area (Å²) < 4.78 is 0. The number of nitrogens with two attached hydrogens (primary N) is 1. The zero-order valence-electron chi connectivity index (χ0n) is 7.92. The van der Waals surface area contributed by atoms with Crippen molar-refractivity contribution in [1.82, 2.24) is 4.98 Å². The summed E-state index contributed by atoms with van der Waals surface area (Å²) >= 11 is 5.86. The molecule has 0 amide bonds. The molecule has 72 valence electrons. The third-order valence-electron chi connectivity index (χ3n) is 2.27. The van der Waals surface area contributed by atoms with Crippen LogP contribution in [0.15, 0.2) is 24.3 Å². The lowest BCUT2D eigenvalue weighted by Crippen LogP contribution is -1.96. The summed E-state index contributed by atoms with van der Waals surface area (Å²) in [5.74, 6) is 0.599. The Morgan fingerprint density at radius 1 is 1.36 bits per heavy atom. The highest BCUT2D eigenvalue weighted by molar-refractivity contribution is 6.31. The average molecular weight is 207 g/mol. The van der Waals surface area contributed by atoms with Crippen molar-refractivity contribution in [3.05, 3.63) is 34.9 Å². The Labute approximate surface area is 87.7 Å². The summed E-state index contributed by atoms with van der Waals surface area (Å²) in [4.78, 5) is 4.30. The lowest BCUT2D eigenvalue weighted by atomic mass is 10.1. The maximum atomic E-state index is 5.86. The van der Waals surface area contributed by atoms with Gasteiger partial charge in [0.25, 0.3) is 0 Å². The van der Waals surface area contributed by atoms with E-state index in [1.807, 2.05) is 18.2 Å². The average Bonchev–Trinajstić information content (AvgIpc) is 2.16. The molecule has 0 atom stereocenters. The molecule has 3 heteroatoms. The standard InChI is InChI=1S/C11H11ClN2/c1-2-7-5-8-3-4-9(12)6-10(8)14-11(7)13/h3-6H,2H2,1H3,(H2,13,14). The van der Waals surface area contributed by atoms with Crippen LogP contribution in [0, 0.1) is 0 Å². The summed E-state index contributed by atoms with van der Waals surface area (Å²) in [6.07, 6.45) is 0.900. The molecule has 0 saturated carbocycles. The van der Waals surface area contributed by atoms with Gasteiger partial charge >= 0.3 is 0 Å². The van der Waals surface area contributed by atoms with Crippen molar-refractivity contribution < 1.29 is 0 Å². The third-order valence-corrected chi connectivity index (χ3v) is 2.51. The molecule has 0 aliphatic carbocycles. The van der Waals surface area contributed by atoms with E-state index >= 15 is 0 Å². The van der Waals surface area contributed by atoms with Gasteiger partial charge in [-0.15, -0.1) is 0 Å². The van der Waals surface area contributed by atoms with E-state index in [9.17, 15) is 0 Å². The Balaban J connectivity index is 2.73. The van der Waals surface area contributed by atoms with Crippen LogP contribution in [0.4, 0.5) is 5.82 Å². The number of halogens is 1. The first-order chi connectivity index (χ1) is 6.70. The fourth-order valence-electron chi connectivity index (χ4n) is 1.48. The predicted octanol–water partition coefficient (Wildman–Crippen LogP) is 3.03. The largest absolute Gasteiger partial charge is 0.383 e. The summed E-state index contributed by atoms with van der Waals surface area (Å²) in [5.41, 5.74) is 7.73. The number of aryl methyl sites for hydroxylation is 1. The fourth-order valence-corrected chi connectivity index (χ4v) is 1.65. The van der Waals surface area contributed by atoms with E-state index in [-0.39, 0.29) is 0 Å². The highest BCUT2D eigenvalue weighted by atomic mass is 35.5. The molecule has 0 spiro atoms. The van der Waals surface area contributed by atoms with Crippen LogP contribution < -0.4 is 5.73 Å². The van der Waals surface area contributed by atoms with Crippen LogP contribution in [-0.2, 0) is 6.42 Å². The SMILES string of the molecule is CCc1cc2ccc(Cl)cc2nc1N. The molecule has 2 nitrogen and oxygen atoms in total. The molecule has 0 aliphatic heterocycles. The van der Waals surface area contributed by atoms with E-state index in [4.69, 9.17) is 17.3 Å². The molecule has 1 aromatic heterocycles. The summed E-state index contributed by atoms with van der Waals surface area (Å²) in [6, 6.07) is 7.71. The van der Waals surface area contributed by atoms with Crippen LogP contribution in [0.5, 0.6) is 0 Å². The van der Waals surface area contributed by atoms with E-state index < -0.39 is 0 Å². The topological polar surface area (TPSA) is 38.9 Å². The Morgan fingerprint density at radius 2 is 2.14 bits per heavy atom. The van der Waals surface area contributed by atoms with Crippen molar-refractivity contribution in [2.75, 3.05) is 5.73 Å². The van der Waals surface area contributed by atoms with Gasteiger partial charge in [0.2, 0.25) is 0 Å². The van der Waals surface area contributed by atoms with Crippen LogP contribution in [-0.4, -0.2) is 4.98 Å². The number of hydrogen-bond donors (Lipinski definition) is 1. The van der Waals surface area contributed by atoms with E-state index in [1.54, 1.807) is 0 Å². The quantitative estimate of drug-likeness (QED) is 0.779. The normalized spacial score (nSPS) is 10.7. The highest BCUT2D eigenvalue weighted by Crippen LogP contribution is 2.21. The molecule has 2 aromatic rings. The molecular formula is C11H11ClN2. The van der Waals surface area contributed by atoms with E-state index in [1.165, 1.54) is 0 Å². The number of hydrogen-bond acceptors (Lipinski definition) is 2. The van der Waals surface area contributed by atoms with Crippen LogP contribution >= 0.6 is 11.6 Å². The number of nitrogens with zero attached hydrogens (tertiary/aromatic N) is 1. The first-order valence-electron chi connectivity index (χ1n) is 4.55. The molecule has 0 aliphatic rings. The minimum Gasteiger partial charge on any atom is -0.383 e. The Morgan fingerprint density at radius 3 is 2.86 bits per heavy atom. The van der Waals surface area contributed by atoms with Gasteiger partial charge in [-0.05, 0) is 30.2 Å². The predicted molar refractivity (Wildman–Crippen MR) is 60.5 cm³/mol. The maximum absolute atomic E-state index is 5.86. The zero-order valence-corrected chi connectivity index (χ0v) is 8.67. The van der Waals surface area contributed by atoms with Crippen LogP contribution in [0.3, 0.4) is 0 Å². The first-order valence-corrected chi connectivity index (χ1v) is 4.93. The first kappa shape index (κ1) is 9.28. The molecule has 2 rings (SSSR count). The summed E-state index contributed by atoms with van der Waals surface area (Å²) in [5, 5.41) is 1.77. The van der Waals surface area contributed by atoms with Gasteiger partial charge in [0.1, 0.15) is 5.82 Å². The minimum absolute atomic E-state index is 0.599. The molecule has 14 heavy (non-hydrogen) atoms. The van der Waals surface area contributed by atoms with Crippen molar-refractivity contribution in [3.63, 3.8) is 0 Å². The number of pyridine rings is 1. The van der Waals surface area contributed by atoms with Gasteiger partial charge in [-0.25, -0.2) is 4.98 Å². The van der Waals surface area contributed by atoms with Crippen LogP contribution in [0.25, 0.3) is 10.9 Å². The van der Waals surface area contributed by atoms with Crippen molar-refractivity contribution in [1.29, 1.82) is 0 Å².